The van der Waals surface area contributed by atoms with Crippen molar-refractivity contribution >= 4 is 12.2 Å². The van der Waals surface area contributed by atoms with Crippen molar-refractivity contribution < 1.29 is 19.8 Å². The van der Waals surface area contributed by atoms with Gasteiger partial charge in [-0.2, -0.15) is 0 Å². The number of hydrogen-bond acceptors (Lipinski definition) is 2. The maximum absolute atomic E-state index is 8.78. The topological polar surface area (TPSA) is 127 Å². The summed E-state index contributed by atoms with van der Waals surface area (Å²) in [6.07, 6.45) is -2.67. The molecule has 1 rings (SSSR count). The number of aryl methyl sites for hydroxylation is 2. The van der Waals surface area contributed by atoms with Crippen LogP contribution in [0.3, 0.4) is 0 Å². The van der Waals surface area contributed by atoms with Crippen molar-refractivity contribution in [3.8, 4) is 0 Å². The van der Waals surface area contributed by atoms with Crippen LogP contribution in [-0.2, 0) is 0 Å². The predicted molar refractivity (Wildman–Crippen MR) is 65.1 cm³/mol. The lowest BCUT2D eigenvalue weighted by molar-refractivity contribution is 0.204. The van der Waals surface area contributed by atoms with Crippen LogP contribution in [0.25, 0.3) is 0 Å². The van der Waals surface area contributed by atoms with Crippen LogP contribution in [0.2, 0.25) is 0 Å². The molecule has 0 saturated carbocycles. The van der Waals surface area contributed by atoms with Gasteiger partial charge in [0.15, 0.2) is 0 Å². The van der Waals surface area contributed by atoms with E-state index in [-0.39, 0.29) is 0 Å². The molecule has 0 bridgehead atoms. The zero-order valence-electron chi connectivity index (χ0n) is 10.1. The third-order valence-corrected chi connectivity index (χ3v) is 1.88. The lowest BCUT2D eigenvalue weighted by atomic mass is 10.1. The van der Waals surface area contributed by atoms with Gasteiger partial charge in [-0.25, -0.2) is 9.59 Å². The van der Waals surface area contributed by atoms with Gasteiger partial charge in [-0.3, -0.25) is 0 Å². The Bertz CT molecular complexity index is 337. The highest BCUT2D eigenvalue weighted by Gasteiger charge is 1.91. The average molecular weight is 242 g/mol. The molecule has 0 aromatic heterocycles. The minimum atomic E-state index is -1.33. The Labute approximate surface area is 99.9 Å². The zero-order chi connectivity index (χ0) is 14.0. The molecule has 1 aromatic carbocycles. The Morgan fingerprint density at radius 3 is 1.35 bits per heavy atom. The lowest BCUT2D eigenvalue weighted by Gasteiger charge is -2.00. The van der Waals surface area contributed by atoms with Gasteiger partial charge >= 0.3 is 12.2 Å². The highest BCUT2D eigenvalue weighted by atomic mass is 16.4. The first kappa shape index (κ1) is 17.2. The minimum absolute atomic E-state index is 1.33. The highest BCUT2D eigenvalue weighted by molar-refractivity contribution is 5.61. The number of amides is 2. The summed E-state index contributed by atoms with van der Waals surface area (Å²) in [5.41, 5.74) is 12.2. The van der Waals surface area contributed by atoms with Crippen LogP contribution >= 0.6 is 0 Å². The van der Waals surface area contributed by atoms with E-state index >= 15 is 0 Å². The number of primary amides is 2. The fraction of sp³-hybridized carbons (Fsp3) is 0.273. The van der Waals surface area contributed by atoms with Crippen molar-refractivity contribution in [1.82, 2.24) is 0 Å². The smallest absolute Gasteiger partial charge is 0.402 e. The fourth-order valence-corrected chi connectivity index (χ4v) is 0.898. The average Bonchev–Trinajstić information content (AvgIpc) is 2.12. The van der Waals surface area contributed by atoms with Gasteiger partial charge in [-0.05, 0) is 37.5 Å². The van der Waals surface area contributed by atoms with E-state index in [0.29, 0.717) is 0 Å². The van der Waals surface area contributed by atoms with Crippen LogP contribution in [0.4, 0.5) is 9.59 Å². The SMILES string of the molecule is Cc1cccc(C)c1C.NC(=O)O.NC(=O)O. The number of hydrogen-bond donors (Lipinski definition) is 4. The third kappa shape index (κ3) is 13.8. The monoisotopic (exact) mass is 242 g/mol. The summed E-state index contributed by atoms with van der Waals surface area (Å²) in [6, 6.07) is 6.38. The van der Waals surface area contributed by atoms with Gasteiger partial charge in [0.2, 0.25) is 0 Å². The van der Waals surface area contributed by atoms with Crippen LogP contribution in [-0.4, -0.2) is 22.4 Å². The second-order valence-electron chi connectivity index (χ2n) is 3.19. The molecule has 0 fully saturated rings. The third-order valence-electron chi connectivity index (χ3n) is 1.88. The standard InChI is InChI=1S/C9H12.2CH3NO2/c1-7-5-4-6-8(2)9(7)3;2*2-1(3)4/h4-6H,1-3H3;2*2H2,(H,3,4). The molecule has 6 nitrogen and oxygen atoms in total. The van der Waals surface area contributed by atoms with E-state index in [1.54, 1.807) is 0 Å². The summed E-state index contributed by atoms with van der Waals surface area (Å²) in [7, 11) is 0. The molecule has 0 unspecified atom stereocenters. The number of nitrogens with two attached hydrogens (primary N) is 2. The fourth-order valence-electron chi connectivity index (χ4n) is 0.898. The van der Waals surface area contributed by atoms with Crippen molar-refractivity contribution in [1.29, 1.82) is 0 Å². The zero-order valence-corrected chi connectivity index (χ0v) is 10.1. The van der Waals surface area contributed by atoms with Crippen molar-refractivity contribution in [2.75, 3.05) is 0 Å². The van der Waals surface area contributed by atoms with Gasteiger partial charge in [-0.15, -0.1) is 0 Å². The molecule has 17 heavy (non-hydrogen) atoms. The molecule has 1 aromatic rings. The number of rotatable bonds is 0. The number of carboxylic acid groups (broad SMARTS) is 2. The van der Waals surface area contributed by atoms with Crippen LogP contribution in [0, 0.1) is 20.8 Å². The maximum atomic E-state index is 8.78. The molecule has 6 heteroatoms. The molecule has 0 radical (unpaired) electrons. The first-order valence-electron chi connectivity index (χ1n) is 4.68. The van der Waals surface area contributed by atoms with E-state index in [2.05, 4.69) is 50.4 Å². The molecule has 0 aliphatic heterocycles. The summed E-state index contributed by atoms with van der Waals surface area (Å²) in [6.45, 7) is 6.44. The van der Waals surface area contributed by atoms with Gasteiger partial charge in [0.1, 0.15) is 0 Å². The summed E-state index contributed by atoms with van der Waals surface area (Å²) in [4.78, 5) is 17.6. The maximum Gasteiger partial charge on any atom is 0.402 e. The first-order chi connectivity index (χ1) is 7.68. The van der Waals surface area contributed by atoms with Crippen molar-refractivity contribution in [3.63, 3.8) is 0 Å². The van der Waals surface area contributed by atoms with E-state index in [9.17, 15) is 0 Å². The van der Waals surface area contributed by atoms with Crippen molar-refractivity contribution in [2.24, 2.45) is 11.5 Å². The van der Waals surface area contributed by atoms with E-state index in [0.717, 1.165) is 0 Å². The molecule has 2 amide bonds. The molecule has 96 valence electrons. The normalized spacial score (nSPS) is 7.94. The largest absolute Gasteiger partial charge is 0.465 e. The van der Waals surface area contributed by atoms with Crippen LogP contribution in [0.5, 0.6) is 0 Å². The quantitative estimate of drug-likeness (QED) is 0.553. The molecule has 0 atom stereocenters. The molecule has 0 saturated heterocycles. The predicted octanol–water partition coefficient (Wildman–Crippen LogP) is 1.86. The highest BCUT2D eigenvalue weighted by Crippen LogP contribution is 2.09. The van der Waals surface area contributed by atoms with E-state index in [1.165, 1.54) is 16.7 Å². The Morgan fingerprint density at radius 2 is 1.18 bits per heavy atom. The second kappa shape index (κ2) is 9.02. The van der Waals surface area contributed by atoms with Gasteiger partial charge in [-0.1, -0.05) is 18.2 Å². The van der Waals surface area contributed by atoms with Crippen LogP contribution in [0.15, 0.2) is 18.2 Å². The van der Waals surface area contributed by atoms with Gasteiger partial charge in [0.25, 0.3) is 0 Å². The summed E-state index contributed by atoms with van der Waals surface area (Å²) < 4.78 is 0. The Hall–Kier alpha value is -2.24. The minimum Gasteiger partial charge on any atom is -0.465 e. The molecular weight excluding hydrogens is 224 g/mol. The lowest BCUT2D eigenvalue weighted by Crippen LogP contribution is -2.03. The van der Waals surface area contributed by atoms with Crippen LogP contribution in [0.1, 0.15) is 16.7 Å². The summed E-state index contributed by atoms with van der Waals surface area (Å²) in [5.74, 6) is 0. The molecule has 0 aliphatic carbocycles. The van der Waals surface area contributed by atoms with E-state index < -0.39 is 12.2 Å². The van der Waals surface area contributed by atoms with Crippen molar-refractivity contribution in [2.45, 2.75) is 20.8 Å². The van der Waals surface area contributed by atoms with Crippen LogP contribution < -0.4 is 11.5 Å². The molecule has 0 spiro atoms. The second-order valence-corrected chi connectivity index (χ2v) is 3.19. The summed E-state index contributed by atoms with van der Waals surface area (Å²) >= 11 is 0. The van der Waals surface area contributed by atoms with E-state index in [4.69, 9.17) is 19.8 Å². The molecule has 6 N–H and O–H groups in total. The van der Waals surface area contributed by atoms with Gasteiger partial charge < -0.3 is 21.7 Å². The molecular formula is C11H18N2O4. The molecule has 0 aliphatic rings. The van der Waals surface area contributed by atoms with Crippen molar-refractivity contribution in [3.05, 3.63) is 34.9 Å². The summed E-state index contributed by atoms with van der Waals surface area (Å²) in [5, 5.41) is 14.4. The van der Waals surface area contributed by atoms with Gasteiger partial charge in [0, 0.05) is 0 Å². The first-order valence-corrected chi connectivity index (χ1v) is 4.68. The number of carbonyl (C=O) groups is 2. The van der Waals surface area contributed by atoms with Gasteiger partial charge in [0.05, 0.1) is 0 Å². The Morgan fingerprint density at radius 1 is 0.941 bits per heavy atom. The van der Waals surface area contributed by atoms with E-state index in [1.807, 2.05) is 0 Å². The molecule has 0 heterocycles. The Balaban J connectivity index is 0. The number of benzene rings is 1. The Kier molecular flexibility index (Phi) is 9.11.